The maximum Gasteiger partial charge on any atom is 0.175 e. The highest BCUT2D eigenvalue weighted by molar-refractivity contribution is 7.90. The van der Waals surface area contributed by atoms with Crippen LogP contribution in [0.5, 0.6) is 0 Å². The Hall–Kier alpha value is -3.67. The number of nitrogens with two attached hydrogens (primary N) is 1. The lowest BCUT2D eigenvalue weighted by atomic mass is 10.1. The Morgan fingerprint density at radius 1 is 1.03 bits per heavy atom. The number of hydrogen-bond donors (Lipinski definition) is 2. The van der Waals surface area contributed by atoms with Crippen molar-refractivity contribution in [1.29, 1.82) is 0 Å². The van der Waals surface area contributed by atoms with Gasteiger partial charge in [-0.15, -0.1) is 0 Å². The molecule has 1 aromatic carbocycles. The van der Waals surface area contributed by atoms with Crippen molar-refractivity contribution in [2.45, 2.75) is 4.90 Å². The molecule has 0 aliphatic rings. The van der Waals surface area contributed by atoms with Gasteiger partial charge in [0.2, 0.25) is 0 Å². The van der Waals surface area contributed by atoms with Crippen LogP contribution in [-0.2, 0) is 9.84 Å². The van der Waals surface area contributed by atoms with Gasteiger partial charge in [-0.2, -0.15) is 0 Å². The van der Waals surface area contributed by atoms with Crippen molar-refractivity contribution in [3.8, 4) is 11.8 Å². The first-order chi connectivity index (χ1) is 14.8. The molecule has 154 valence electrons. The molecule has 0 bridgehead atoms. The van der Waals surface area contributed by atoms with E-state index < -0.39 is 9.84 Å². The summed E-state index contributed by atoms with van der Waals surface area (Å²) in [7, 11) is -3.25. The fourth-order valence-electron chi connectivity index (χ4n) is 2.84. The predicted molar refractivity (Wildman–Crippen MR) is 122 cm³/mol. The van der Waals surface area contributed by atoms with Crippen LogP contribution in [0, 0.1) is 11.8 Å². The summed E-state index contributed by atoms with van der Waals surface area (Å²) < 4.78 is 23.2. The van der Waals surface area contributed by atoms with E-state index >= 15 is 0 Å². The van der Waals surface area contributed by atoms with E-state index in [1.807, 2.05) is 12.1 Å². The van der Waals surface area contributed by atoms with E-state index in [9.17, 15) is 8.42 Å². The highest BCUT2D eigenvalue weighted by Crippen LogP contribution is 2.23. The maximum atomic E-state index is 11.6. The molecule has 31 heavy (non-hydrogen) atoms. The molecule has 0 unspecified atom stereocenters. The Bertz CT molecular complexity index is 1460. The zero-order chi connectivity index (χ0) is 22.0. The molecule has 4 rings (SSSR count). The fraction of sp³-hybridized carbons (Fsp3) is 0.0455. The molecule has 0 saturated carbocycles. The number of anilines is 3. The maximum absolute atomic E-state index is 11.6. The minimum absolute atomic E-state index is 0.251. The summed E-state index contributed by atoms with van der Waals surface area (Å²) in [5.74, 6) is 6.56. The van der Waals surface area contributed by atoms with Gasteiger partial charge in [-0.1, -0.05) is 17.5 Å². The number of sulfone groups is 1. The van der Waals surface area contributed by atoms with E-state index in [4.69, 9.17) is 17.3 Å². The van der Waals surface area contributed by atoms with Gasteiger partial charge >= 0.3 is 0 Å². The number of nitrogens with zero attached hydrogens (tertiary/aromatic N) is 3. The van der Waals surface area contributed by atoms with Crippen LogP contribution < -0.4 is 11.1 Å². The number of halogens is 1. The van der Waals surface area contributed by atoms with Crippen LogP contribution in [0.4, 0.5) is 17.2 Å². The van der Waals surface area contributed by atoms with E-state index in [0.717, 1.165) is 10.8 Å². The van der Waals surface area contributed by atoms with Crippen molar-refractivity contribution in [2.24, 2.45) is 0 Å². The summed E-state index contributed by atoms with van der Waals surface area (Å²) in [6.45, 7) is 0. The Morgan fingerprint density at radius 3 is 2.55 bits per heavy atom. The number of benzene rings is 1. The lowest BCUT2D eigenvalue weighted by molar-refractivity contribution is 0.602. The summed E-state index contributed by atoms with van der Waals surface area (Å²) in [4.78, 5) is 13.0. The summed E-state index contributed by atoms with van der Waals surface area (Å²) in [6, 6.07) is 10.1. The zero-order valence-corrected chi connectivity index (χ0v) is 17.9. The van der Waals surface area contributed by atoms with Gasteiger partial charge in [-0.3, -0.25) is 4.98 Å². The molecule has 4 aromatic rings. The SMILES string of the molecule is CS(=O)(=O)c1ccc(Nc2cc3c(C#Cc4cncc(Cl)c4N)nccc3cn2)cc1. The van der Waals surface area contributed by atoms with Crippen molar-refractivity contribution >= 4 is 49.4 Å². The molecular weight excluding hydrogens is 434 g/mol. The average molecular weight is 450 g/mol. The first-order valence-corrected chi connectivity index (χ1v) is 11.3. The highest BCUT2D eigenvalue weighted by atomic mass is 35.5. The lowest BCUT2D eigenvalue weighted by Gasteiger charge is -2.08. The standard InChI is InChI=1S/C22H16ClN5O2S/c1-31(29,30)17-5-3-16(4-6-17)28-21-10-18-14(12-27-21)8-9-26-20(18)7-2-15-11-25-13-19(23)22(15)24/h3-6,8-13H,1H3,(H2,24,25)(H,27,28). The summed E-state index contributed by atoms with van der Waals surface area (Å²) >= 11 is 6.00. The van der Waals surface area contributed by atoms with Crippen LogP contribution in [-0.4, -0.2) is 29.6 Å². The third-order valence-corrected chi connectivity index (χ3v) is 5.89. The number of nitrogen functional groups attached to an aromatic ring is 1. The zero-order valence-electron chi connectivity index (χ0n) is 16.3. The first kappa shape index (κ1) is 20.6. The van der Waals surface area contributed by atoms with E-state index in [-0.39, 0.29) is 4.90 Å². The molecule has 0 aliphatic carbocycles. The molecule has 0 spiro atoms. The van der Waals surface area contributed by atoms with Crippen molar-refractivity contribution in [2.75, 3.05) is 17.3 Å². The second kappa shape index (κ2) is 8.22. The van der Waals surface area contributed by atoms with Crippen LogP contribution in [0.25, 0.3) is 10.8 Å². The lowest BCUT2D eigenvalue weighted by Crippen LogP contribution is -1.98. The van der Waals surface area contributed by atoms with E-state index in [1.165, 1.54) is 12.5 Å². The topological polar surface area (TPSA) is 111 Å². The van der Waals surface area contributed by atoms with E-state index in [0.29, 0.717) is 33.5 Å². The fourth-order valence-corrected chi connectivity index (χ4v) is 3.63. The predicted octanol–water partition coefficient (Wildman–Crippen LogP) is 3.81. The van der Waals surface area contributed by atoms with Gasteiger partial charge in [0.15, 0.2) is 9.84 Å². The number of aromatic nitrogens is 3. The van der Waals surface area contributed by atoms with E-state index in [1.54, 1.807) is 42.9 Å². The third-order valence-electron chi connectivity index (χ3n) is 4.46. The number of pyridine rings is 3. The second-order valence-corrected chi connectivity index (χ2v) is 9.13. The molecular formula is C22H16ClN5O2S. The molecule has 3 heterocycles. The number of fused-ring (bicyclic) bond motifs is 1. The van der Waals surface area contributed by atoms with Crippen LogP contribution in [0.3, 0.4) is 0 Å². The van der Waals surface area contributed by atoms with Gasteiger partial charge in [0, 0.05) is 47.5 Å². The minimum Gasteiger partial charge on any atom is -0.396 e. The van der Waals surface area contributed by atoms with Crippen molar-refractivity contribution < 1.29 is 8.42 Å². The molecule has 0 saturated heterocycles. The van der Waals surface area contributed by atoms with Crippen molar-refractivity contribution in [3.63, 3.8) is 0 Å². The number of hydrogen-bond acceptors (Lipinski definition) is 7. The normalized spacial score (nSPS) is 11.0. The first-order valence-electron chi connectivity index (χ1n) is 9.04. The van der Waals surface area contributed by atoms with Crippen LogP contribution in [0.15, 0.2) is 66.1 Å². The van der Waals surface area contributed by atoms with E-state index in [2.05, 4.69) is 32.1 Å². The van der Waals surface area contributed by atoms with Crippen LogP contribution in [0.1, 0.15) is 11.3 Å². The summed E-state index contributed by atoms with van der Waals surface area (Å²) in [6.07, 6.45) is 7.55. The van der Waals surface area contributed by atoms with Crippen molar-refractivity contribution in [1.82, 2.24) is 15.0 Å². The quantitative estimate of drug-likeness (QED) is 0.457. The Kier molecular flexibility index (Phi) is 5.46. The number of rotatable bonds is 3. The number of nitrogens with one attached hydrogen (secondary N) is 1. The van der Waals surface area contributed by atoms with Crippen LogP contribution in [0.2, 0.25) is 5.02 Å². The van der Waals surface area contributed by atoms with Crippen molar-refractivity contribution in [3.05, 3.63) is 77.5 Å². The van der Waals surface area contributed by atoms with Gasteiger partial charge in [0.25, 0.3) is 0 Å². The van der Waals surface area contributed by atoms with Gasteiger partial charge in [0.1, 0.15) is 11.5 Å². The third kappa shape index (κ3) is 4.58. The molecule has 0 aliphatic heterocycles. The van der Waals surface area contributed by atoms with Gasteiger partial charge in [0.05, 0.1) is 21.2 Å². The smallest absolute Gasteiger partial charge is 0.175 e. The minimum atomic E-state index is -3.25. The molecule has 9 heteroatoms. The molecule has 0 fully saturated rings. The Balaban J connectivity index is 1.68. The van der Waals surface area contributed by atoms with Gasteiger partial charge in [-0.25, -0.2) is 18.4 Å². The molecule has 7 nitrogen and oxygen atoms in total. The largest absolute Gasteiger partial charge is 0.396 e. The molecule has 0 atom stereocenters. The monoisotopic (exact) mass is 449 g/mol. The van der Waals surface area contributed by atoms with Gasteiger partial charge in [-0.05, 0) is 42.3 Å². The van der Waals surface area contributed by atoms with Crippen LogP contribution >= 0.6 is 11.6 Å². The molecule has 0 radical (unpaired) electrons. The Morgan fingerprint density at radius 2 is 1.81 bits per heavy atom. The Labute approximate surface area is 184 Å². The average Bonchev–Trinajstić information content (AvgIpc) is 2.74. The summed E-state index contributed by atoms with van der Waals surface area (Å²) in [5.41, 5.74) is 8.09. The molecule has 0 amide bonds. The van der Waals surface area contributed by atoms with Gasteiger partial charge < -0.3 is 11.1 Å². The summed E-state index contributed by atoms with van der Waals surface area (Å²) in [5, 5.41) is 5.18. The highest BCUT2D eigenvalue weighted by Gasteiger charge is 2.08. The molecule has 3 aromatic heterocycles. The second-order valence-electron chi connectivity index (χ2n) is 6.70. The molecule has 3 N–H and O–H groups in total.